The van der Waals surface area contributed by atoms with Crippen LogP contribution in [0.15, 0.2) is 0 Å². The van der Waals surface area contributed by atoms with Gasteiger partial charge in [-0.05, 0) is 19.3 Å². The van der Waals surface area contributed by atoms with E-state index in [1.165, 1.54) is 0 Å². The van der Waals surface area contributed by atoms with Crippen LogP contribution < -0.4 is 5.32 Å². The number of ether oxygens (including phenoxy) is 2. The van der Waals surface area contributed by atoms with Crippen LogP contribution in [-0.4, -0.2) is 60.8 Å². The summed E-state index contributed by atoms with van der Waals surface area (Å²) < 4.78 is 11.0. The van der Waals surface area contributed by atoms with Gasteiger partial charge in [0.1, 0.15) is 11.6 Å². The Balaban J connectivity index is 2.21. The van der Waals surface area contributed by atoms with Crippen molar-refractivity contribution in [2.45, 2.75) is 51.8 Å². The fourth-order valence-corrected chi connectivity index (χ4v) is 2.94. The lowest BCUT2D eigenvalue weighted by atomic mass is 9.88. The van der Waals surface area contributed by atoms with Gasteiger partial charge in [0.05, 0.1) is 32.5 Å². The molecule has 2 saturated heterocycles. The average molecular weight is 298 g/mol. The Morgan fingerprint density at radius 2 is 2.10 bits per heavy atom. The molecule has 0 radical (unpaired) electrons. The fourth-order valence-electron chi connectivity index (χ4n) is 2.94. The van der Waals surface area contributed by atoms with Crippen molar-refractivity contribution in [2.24, 2.45) is 5.92 Å². The first-order chi connectivity index (χ1) is 9.89. The molecule has 2 rings (SSSR count). The zero-order valence-electron chi connectivity index (χ0n) is 13.3. The van der Waals surface area contributed by atoms with E-state index in [-0.39, 0.29) is 23.8 Å². The number of carbonyl (C=O) groups excluding carboxylic acids is 2. The van der Waals surface area contributed by atoms with Crippen molar-refractivity contribution in [3.63, 3.8) is 0 Å². The predicted octanol–water partition coefficient (Wildman–Crippen LogP) is 0.554. The molecule has 0 aromatic heterocycles. The van der Waals surface area contributed by atoms with E-state index in [9.17, 15) is 9.59 Å². The molecule has 0 spiro atoms. The highest BCUT2D eigenvalue weighted by atomic mass is 16.6. The van der Waals surface area contributed by atoms with E-state index >= 15 is 0 Å². The Kier molecular flexibility index (Phi) is 4.88. The van der Waals surface area contributed by atoms with Crippen molar-refractivity contribution in [3.05, 3.63) is 0 Å². The molecule has 3 unspecified atom stereocenters. The number of nitrogens with zero attached hydrogens (tertiary/aromatic N) is 1. The van der Waals surface area contributed by atoms with E-state index in [1.54, 1.807) is 11.8 Å². The molecule has 2 aliphatic heterocycles. The quantitative estimate of drug-likeness (QED) is 0.823. The van der Waals surface area contributed by atoms with Crippen molar-refractivity contribution in [1.29, 1.82) is 0 Å². The number of hydrogen-bond donors (Lipinski definition) is 1. The van der Waals surface area contributed by atoms with Crippen LogP contribution in [0.1, 0.15) is 34.1 Å². The summed E-state index contributed by atoms with van der Waals surface area (Å²) in [6.45, 7) is 9.61. The molecule has 6 nitrogen and oxygen atoms in total. The van der Waals surface area contributed by atoms with Gasteiger partial charge in [-0.25, -0.2) is 0 Å². The largest absolute Gasteiger partial charge is 0.376 e. The second kappa shape index (κ2) is 6.32. The minimum absolute atomic E-state index is 0.0301. The van der Waals surface area contributed by atoms with E-state index in [4.69, 9.17) is 9.47 Å². The smallest absolute Gasteiger partial charge is 0.248 e. The third kappa shape index (κ3) is 3.21. The highest BCUT2D eigenvalue weighted by molar-refractivity contribution is 5.99. The Morgan fingerprint density at radius 3 is 2.62 bits per heavy atom. The first-order valence-electron chi connectivity index (χ1n) is 7.71. The zero-order chi connectivity index (χ0) is 15.6. The summed E-state index contributed by atoms with van der Waals surface area (Å²) in [6.07, 6.45) is 0.414. The van der Waals surface area contributed by atoms with Gasteiger partial charge in [-0.15, -0.1) is 0 Å². The minimum Gasteiger partial charge on any atom is -0.376 e. The van der Waals surface area contributed by atoms with Gasteiger partial charge in [0.25, 0.3) is 0 Å². The van der Waals surface area contributed by atoms with E-state index < -0.39 is 11.6 Å². The highest BCUT2D eigenvalue weighted by Crippen LogP contribution is 2.25. The predicted molar refractivity (Wildman–Crippen MR) is 77.7 cm³/mol. The Bertz CT molecular complexity index is 406. The molecule has 0 bridgehead atoms. The van der Waals surface area contributed by atoms with Gasteiger partial charge < -0.3 is 19.7 Å². The summed E-state index contributed by atoms with van der Waals surface area (Å²) in [7, 11) is 0. The van der Waals surface area contributed by atoms with Crippen LogP contribution in [0.4, 0.5) is 0 Å². The van der Waals surface area contributed by atoms with Crippen LogP contribution in [0, 0.1) is 5.92 Å². The molecular weight excluding hydrogens is 272 g/mol. The minimum atomic E-state index is -0.821. The Morgan fingerprint density at radius 1 is 1.38 bits per heavy atom. The first-order valence-corrected chi connectivity index (χ1v) is 7.71. The van der Waals surface area contributed by atoms with E-state index in [2.05, 4.69) is 5.32 Å². The van der Waals surface area contributed by atoms with Crippen molar-refractivity contribution in [2.75, 3.05) is 26.4 Å². The highest BCUT2D eigenvalue weighted by Gasteiger charge is 2.48. The number of amides is 2. The molecule has 2 fully saturated rings. The van der Waals surface area contributed by atoms with E-state index in [0.29, 0.717) is 32.8 Å². The SMILES string of the molecule is CCC1(C)NC(=O)C(C(C)C)N(CC2COCCO2)C1=O. The zero-order valence-corrected chi connectivity index (χ0v) is 13.3. The molecule has 1 N–H and O–H groups in total. The van der Waals surface area contributed by atoms with Crippen molar-refractivity contribution < 1.29 is 19.1 Å². The second-order valence-corrected chi connectivity index (χ2v) is 6.39. The van der Waals surface area contributed by atoms with Crippen LogP contribution in [0.2, 0.25) is 0 Å². The van der Waals surface area contributed by atoms with Gasteiger partial charge in [-0.2, -0.15) is 0 Å². The first kappa shape index (κ1) is 16.2. The maximum atomic E-state index is 12.8. The lowest BCUT2D eigenvalue weighted by Crippen LogP contribution is -2.71. The van der Waals surface area contributed by atoms with Gasteiger partial charge in [-0.1, -0.05) is 20.8 Å². The van der Waals surface area contributed by atoms with Crippen LogP contribution in [-0.2, 0) is 19.1 Å². The van der Waals surface area contributed by atoms with Gasteiger partial charge in [0, 0.05) is 0 Å². The topological polar surface area (TPSA) is 67.9 Å². The summed E-state index contributed by atoms with van der Waals surface area (Å²) in [5.41, 5.74) is -0.821. The molecule has 0 aliphatic carbocycles. The summed E-state index contributed by atoms with van der Waals surface area (Å²) in [4.78, 5) is 26.9. The van der Waals surface area contributed by atoms with Crippen LogP contribution in [0.3, 0.4) is 0 Å². The molecular formula is C15H26N2O4. The molecule has 2 heterocycles. The number of carbonyl (C=O) groups is 2. The number of nitrogens with one attached hydrogen (secondary N) is 1. The van der Waals surface area contributed by atoms with E-state index in [0.717, 1.165) is 0 Å². The van der Waals surface area contributed by atoms with Gasteiger partial charge in [0.2, 0.25) is 11.8 Å². The lowest BCUT2D eigenvalue weighted by Gasteiger charge is -2.46. The van der Waals surface area contributed by atoms with E-state index in [1.807, 2.05) is 20.8 Å². The van der Waals surface area contributed by atoms with Crippen LogP contribution in [0.25, 0.3) is 0 Å². The number of piperazine rings is 1. The van der Waals surface area contributed by atoms with Gasteiger partial charge in [-0.3, -0.25) is 9.59 Å². The summed E-state index contributed by atoms with van der Waals surface area (Å²) in [6, 6.07) is -0.442. The molecule has 2 aliphatic rings. The molecule has 0 aromatic carbocycles. The van der Waals surface area contributed by atoms with Gasteiger partial charge in [0.15, 0.2) is 0 Å². The number of hydrogen-bond acceptors (Lipinski definition) is 4. The molecule has 6 heteroatoms. The monoisotopic (exact) mass is 298 g/mol. The molecule has 0 saturated carbocycles. The molecule has 3 atom stereocenters. The third-order valence-electron chi connectivity index (χ3n) is 4.36. The standard InChI is InChI=1S/C15H26N2O4/c1-5-15(4)14(19)17(8-11-9-20-6-7-21-11)12(10(2)3)13(18)16-15/h10-12H,5-9H2,1-4H3,(H,16,18). The molecule has 21 heavy (non-hydrogen) atoms. The summed E-state index contributed by atoms with van der Waals surface area (Å²) in [5, 5.41) is 2.89. The van der Waals surface area contributed by atoms with Gasteiger partial charge >= 0.3 is 0 Å². The Labute approximate surface area is 126 Å². The summed E-state index contributed by atoms with van der Waals surface area (Å²) in [5.74, 6) is -0.0528. The maximum absolute atomic E-state index is 12.8. The van der Waals surface area contributed by atoms with Crippen LogP contribution >= 0.6 is 0 Å². The van der Waals surface area contributed by atoms with Crippen LogP contribution in [0.5, 0.6) is 0 Å². The third-order valence-corrected chi connectivity index (χ3v) is 4.36. The molecule has 0 aromatic rings. The number of rotatable bonds is 4. The van der Waals surface area contributed by atoms with Crippen molar-refractivity contribution >= 4 is 11.8 Å². The molecule has 2 amide bonds. The second-order valence-electron chi connectivity index (χ2n) is 6.39. The summed E-state index contributed by atoms with van der Waals surface area (Å²) >= 11 is 0. The van der Waals surface area contributed by atoms with Crippen molar-refractivity contribution in [3.8, 4) is 0 Å². The van der Waals surface area contributed by atoms with Crippen molar-refractivity contribution in [1.82, 2.24) is 10.2 Å². The fraction of sp³-hybridized carbons (Fsp3) is 0.867. The normalized spacial score (nSPS) is 34.2. The average Bonchev–Trinajstić information content (AvgIpc) is 2.45. The molecule has 120 valence electrons. The lowest BCUT2D eigenvalue weighted by molar-refractivity contribution is -0.162. The Hall–Kier alpha value is -1.14. The maximum Gasteiger partial charge on any atom is 0.248 e.